The fourth-order valence-electron chi connectivity index (χ4n) is 1.01. The third kappa shape index (κ3) is 4.05. The Bertz CT molecular complexity index is 211. The summed E-state index contributed by atoms with van der Waals surface area (Å²) in [6.07, 6.45) is 4.02. The van der Waals surface area contributed by atoms with Crippen molar-refractivity contribution in [3.8, 4) is 0 Å². The smallest absolute Gasteiger partial charge is 0.0667 e. The molecular weight excluding hydrogens is 166 g/mol. The van der Waals surface area contributed by atoms with Crippen molar-refractivity contribution in [1.29, 1.82) is 0 Å². The molecule has 1 aromatic rings. The molecule has 4 heteroatoms. The molecule has 0 amide bonds. The third-order valence-electron chi connectivity index (χ3n) is 1.91. The van der Waals surface area contributed by atoms with Gasteiger partial charge in [-0.05, 0) is 13.0 Å². The maximum Gasteiger partial charge on any atom is 0.0667 e. The normalized spacial score (nSPS) is 13.1. The number of aromatic nitrogens is 2. The highest BCUT2D eigenvalue weighted by Crippen LogP contribution is 1.85. The number of methoxy groups -OCH3 is 1. The minimum absolute atomic E-state index is 0.276. The van der Waals surface area contributed by atoms with Gasteiger partial charge in [0.1, 0.15) is 0 Å². The topological polar surface area (TPSA) is 39.1 Å². The average molecular weight is 183 g/mol. The lowest BCUT2D eigenvalue weighted by Gasteiger charge is -2.10. The van der Waals surface area contributed by atoms with E-state index >= 15 is 0 Å². The van der Waals surface area contributed by atoms with E-state index in [1.165, 1.54) is 0 Å². The zero-order valence-corrected chi connectivity index (χ0v) is 8.23. The largest absolute Gasteiger partial charge is 0.380 e. The number of rotatable bonds is 6. The van der Waals surface area contributed by atoms with Gasteiger partial charge in [-0.15, -0.1) is 0 Å². The Labute approximate surface area is 78.9 Å². The number of hydrogen-bond donors (Lipinski definition) is 1. The van der Waals surface area contributed by atoms with E-state index in [1.807, 2.05) is 23.9 Å². The van der Waals surface area contributed by atoms with Crippen molar-refractivity contribution >= 4 is 0 Å². The van der Waals surface area contributed by atoms with Crippen LogP contribution in [-0.2, 0) is 11.3 Å². The van der Waals surface area contributed by atoms with E-state index in [1.54, 1.807) is 13.3 Å². The van der Waals surface area contributed by atoms with Crippen LogP contribution in [0, 0.1) is 0 Å². The van der Waals surface area contributed by atoms with Crippen LogP contribution in [0.1, 0.15) is 6.92 Å². The second-order valence-corrected chi connectivity index (χ2v) is 3.02. The minimum Gasteiger partial charge on any atom is -0.380 e. The summed E-state index contributed by atoms with van der Waals surface area (Å²) in [4.78, 5) is 0. The molecule has 0 bridgehead atoms. The van der Waals surface area contributed by atoms with Crippen LogP contribution in [0.2, 0.25) is 0 Å². The second kappa shape index (κ2) is 5.72. The van der Waals surface area contributed by atoms with Gasteiger partial charge in [0.2, 0.25) is 0 Å². The van der Waals surface area contributed by atoms with Gasteiger partial charge in [0.15, 0.2) is 0 Å². The summed E-state index contributed by atoms with van der Waals surface area (Å²) in [5.74, 6) is 0. The monoisotopic (exact) mass is 183 g/mol. The fraction of sp³-hybridized carbons (Fsp3) is 0.667. The summed E-state index contributed by atoms with van der Waals surface area (Å²) >= 11 is 0. The number of nitrogens with one attached hydrogen (secondary N) is 1. The summed E-state index contributed by atoms with van der Waals surface area (Å²) in [7, 11) is 1.72. The lowest BCUT2D eigenvalue weighted by Crippen LogP contribution is -2.28. The number of nitrogens with zero attached hydrogens (tertiary/aromatic N) is 2. The summed E-state index contributed by atoms with van der Waals surface area (Å²) in [5.41, 5.74) is 0. The van der Waals surface area contributed by atoms with Crippen LogP contribution in [-0.4, -0.2) is 36.1 Å². The van der Waals surface area contributed by atoms with Gasteiger partial charge in [-0.25, -0.2) is 0 Å². The lowest BCUT2D eigenvalue weighted by atomic mass is 10.4. The predicted molar refractivity (Wildman–Crippen MR) is 51.6 cm³/mol. The predicted octanol–water partition coefficient (Wildman–Crippen LogP) is 0.508. The van der Waals surface area contributed by atoms with Gasteiger partial charge in [-0.1, -0.05) is 0 Å². The van der Waals surface area contributed by atoms with Crippen molar-refractivity contribution in [2.75, 3.05) is 20.2 Å². The maximum atomic E-state index is 5.10. The first-order valence-electron chi connectivity index (χ1n) is 4.54. The first-order valence-corrected chi connectivity index (χ1v) is 4.54. The van der Waals surface area contributed by atoms with Crippen LogP contribution in [0.4, 0.5) is 0 Å². The van der Waals surface area contributed by atoms with E-state index < -0.39 is 0 Å². The maximum absolute atomic E-state index is 5.10. The van der Waals surface area contributed by atoms with E-state index in [0.29, 0.717) is 0 Å². The van der Waals surface area contributed by atoms with E-state index in [4.69, 9.17) is 4.74 Å². The summed E-state index contributed by atoms with van der Waals surface area (Å²) in [6.45, 7) is 4.76. The molecule has 0 spiro atoms. The minimum atomic E-state index is 0.276. The van der Waals surface area contributed by atoms with Gasteiger partial charge in [0.25, 0.3) is 0 Å². The summed E-state index contributed by atoms with van der Waals surface area (Å²) in [5, 5.41) is 7.39. The molecule has 13 heavy (non-hydrogen) atoms. The molecule has 0 radical (unpaired) electrons. The summed E-state index contributed by atoms with van der Waals surface area (Å²) < 4.78 is 7.01. The van der Waals surface area contributed by atoms with Gasteiger partial charge in [0.05, 0.1) is 12.6 Å². The molecule has 1 rings (SSSR count). The Kier molecular flexibility index (Phi) is 4.49. The SMILES string of the molecule is COC(C)CNCCn1cccn1. The van der Waals surface area contributed by atoms with Crippen molar-refractivity contribution in [1.82, 2.24) is 15.1 Å². The molecule has 1 N–H and O–H groups in total. The van der Waals surface area contributed by atoms with Crippen molar-refractivity contribution in [2.24, 2.45) is 0 Å². The van der Waals surface area contributed by atoms with Crippen LogP contribution in [0.3, 0.4) is 0 Å². The molecule has 1 aromatic heterocycles. The zero-order chi connectivity index (χ0) is 9.52. The van der Waals surface area contributed by atoms with Crippen LogP contribution < -0.4 is 5.32 Å². The highest BCUT2D eigenvalue weighted by atomic mass is 16.5. The van der Waals surface area contributed by atoms with Crippen molar-refractivity contribution in [3.63, 3.8) is 0 Å². The molecule has 74 valence electrons. The van der Waals surface area contributed by atoms with Crippen molar-refractivity contribution in [3.05, 3.63) is 18.5 Å². The zero-order valence-electron chi connectivity index (χ0n) is 8.23. The van der Waals surface area contributed by atoms with Gasteiger partial charge < -0.3 is 10.1 Å². The molecule has 1 atom stereocenters. The summed E-state index contributed by atoms with van der Waals surface area (Å²) in [6, 6.07) is 1.93. The molecule has 0 saturated carbocycles. The van der Waals surface area contributed by atoms with Crippen molar-refractivity contribution < 1.29 is 4.74 Å². The Morgan fingerprint density at radius 1 is 1.62 bits per heavy atom. The van der Waals surface area contributed by atoms with E-state index in [0.717, 1.165) is 19.6 Å². The average Bonchev–Trinajstić information content (AvgIpc) is 2.64. The first-order chi connectivity index (χ1) is 6.33. The van der Waals surface area contributed by atoms with Gasteiger partial charge in [-0.3, -0.25) is 4.68 Å². The molecule has 0 fully saturated rings. The van der Waals surface area contributed by atoms with Crippen LogP contribution in [0.25, 0.3) is 0 Å². The standard InChI is InChI=1S/C9H17N3O/c1-9(13-2)8-10-5-7-12-6-3-4-11-12/h3-4,6,9-10H,5,7-8H2,1-2H3. The third-order valence-corrected chi connectivity index (χ3v) is 1.91. The van der Waals surface area contributed by atoms with Crippen LogP contribution in [0.15, 0.2) is 18.5 Å². The molecule has 0 aliphatic rings. The fourth-order valence-corrected chi connectivity index (χ4v) is 1.01. The number of ether oxygens (including phenoxy) is 1. The molecular formula is C9H17N3O. The quantitative estimate of drug-likeness (QED) is 0.653. The second-order valence-electron chi connectivity index (χ2n) is 3.02. The molecule has 0 aliphatic heterocycles. The molecule has 1 heterocycles. The van der Waals surface area contributed by atoms with Crippen LogP contribution in [0.5, 0.6) is 0 Å². The van der Waals surface area contributed by atoms with E-state index in [2.05, 4.69) is 10.4 Å². The number of hydrogen-bond acceptors (Lipinski definition) is 3. The Hall–Kier alpha value is -0.870. The van der Waals surface area contributed by atoms with Crippen molar-refractivity contribution in [2.45, 2.75) is 19.6 Å². The molecule has 0 saturated heterocycles. The molecule has 0 aromatic carbocycles. The highest BCUT2D eigenvalue weighted by Gasteiger charge is 1.97. The van der Waals surface area contributed by atoms with Gasteiger partial charge in [-0.2, -0.15) is 5.10 Å². The Balaban J connectivity index is 2.02. The Morgan fingerprint density at radius 2 is 2.46 bits per heavy atom. The van der Waals surface area contributed by atoms with E-state index in [9.17, 15) is 0 Å². The van der Waals surface area contributed by atoms with E-state index in [-0.39, 0.29) is 6.10 Å². The van der Waals surface area contributed by atoms with Gasteiger partial charge in [0, 0.05) is 32.6 Å². The van der Waals surface area contributed by atoms with Crippen LogP contribution >= 0.6 is 0 Å². The Morgan fingerprint density at radius 3 is 3.08 bits per heavy atom. The molecule has 1 unspecified atom stereocenters. The molecule has 0 aliphatic carbocycles. The molecule has 4 nitrogen and oxygen atoms in total. The van der Waals surface area contributed by atoms with Gasteiger partial charge >= 0.3 is 0 Å². The lowest BCUT2D eigenvalue weighted by molar-refractivity contribution is 0.117. The first kappa shape index (κ1) is 10.2. The highest BCUT2D eigenvalue weighted by molar-refractivity contribution is 4.77.